The Labute approximate surface area is 122 Å². The summed E-state index contributed by atoms with van der Waals surface area (Å²) in [4.78, 5) is 4.37. The molecule has 0 bridgehead atoms. The van der Waals surface area contributed by atoms with Gasteiger partial charge in [-0.15, -0.1) is 11.3 Å². The first-order valence-corrected chi connectivity index (χ1v) is 7.93. The van der Waals surface area contributed by atoms with Crippen molar-refractivity contribution in [1.82, 2.24) is 0 Å². The van der Waals surface area contributed by atoms with Crippen LogP contribution >= 0.6 is 11.3 Å². The third-order valence-electron chi connectivity index (χ3n) is 4.02. The highest BCUT2D eigenvalue weighted by molar-refractivity contribution is 7.10. The Hall–Kier alpha value is -1.77. The topological polar surface area (TPSA) is 48.8 Å². The minimum atomic E-state index is 0.462. The molecule has 0 N–H and O–H groups in total. The molecule has 1 atom stereocenters. The number of nitrogens with zero attached hydrogens (tertiary/aromatic N) is 3. The van der Waals surface area contributed by atoms with Crippen molar-refractivity contribution >= 4 is 11.3 Å². The minimum absolute atomic E-state index is 0.462. The van der Waals surface area contributed by atoms with Gasteiger partial charge in [-0.3, -0.25) is 0 Å². The van der Waals surface area contributed by atoms with Crippen molar-refractivity contribution < 1.29 is 0 Å². The first-order valence-electron chi connectivity index (χ1n) is 7.05. The molecule has 1 heterocycles. The second-order valence-electron chi connectivity index (χ2n) is 5.15. The van der Waals surface area contributed by atoms with Crippen LogP contribution < -0.4 is 0 Å². The molecule has 4 heteroatoms. The van der Waals surface area contributed by atoms with Gasteiger partial charge in [-0.25, -0.2) is 0 Å². The van der Waals surface area contributed by atoms with E-state index < -0.39 is 0 Å². The molecular formula is C16H17N3S. The van der Waals surface area contributed by atoms with Gasteiger partial charge >= 0.3 is 0 Å². The Bertz CT molecular complexity index is 641. The molecule has 2 aromatic rings. The number of rotatable bonds is 4. The Morgan fingerprint density at radius 3 is 3.00 bits per heavy atom. The summed E-state index contributed by atoms with van der Waals surface area (Å²) < 4.78 is 0. The molecule has 1 aliphatic rings. The van der Waals surface area contributed by atoms with Crippen molar-refractivity contribution in [1.29, 1.82) is 0 Å². The van der Waals surface area contributed by atoms with Crippen LogP contribution in [0.4, 0.5) is 0 Å². The number of aryl methyl sites for hydroxylation is 2. The molecule has 0 amide bonds. The van der Waals surface area contributed by atoms with Crippen LogP contribution in [0.15, 0.2) is 40.8 Å². The summed E-state index contributed by atoms with van der Waals surface area (Å²) in [6, 6.07) is 11.1. The standard InChI is InChI=1S/C16H17N3S/c17-19-18-10-3-6-14-13-5-2-1-4-12(13)7-8-16-15(14)9-11-20-16/h1-2,4-5,9,11,14H,3,6-8,10H2. The maximum atomic E-state index is 8.39. The predicted molar refractivity (Wildman–Crippen MR) is 83.3 cm³/mol. The van der Waals surface area contributed by atoms with Crippen molar-refractivity contribution in [2.75, 3.05) is 6.54 Å². The minimum Gasteiger partial charge on any atom is -0.149 e. The highest BCUT2D eigenvalue weighted by atomic mass is 32.1. The average molecular weight is 283 g/mol. The van der Waals surface area contributed by atoms with E-state index in [2.05, 4.69) is 45.7 Å². The van der Waals surface area contributed by atoms with Crippen LogP contribution in [-0.4, -0.2) is 6.54 Å². The van der Waals surface area contributed by atoms with E-state index in [4.69, 9.17) is 5.53 Å². The van der Waals surface area contributed by atoms with Crippen LogP contribution in [0.3, 0.4) is 0 Å². The molecule has 102 valence electrons. The van der Waals surface area contributed by atoms with Crippen LogP contribution in [0.2, 0.25) is 0 Å². The first-order chi connectivity index (χ1) is 9.90. The zero-order chi connectivity index (χ0) is 13.8. The Morgan fingerprint density at radius 2 is 2.10 bits per heavy atom. The Balaban J connectivity index is 1.92. The molecule has 0 saturated heterocycles. The summed E-state index contributed by atoms with van der Waals surface area (Å²) in [6.45, 7) is 0.592. The molecule has 0 radical (unpaired) electrons. The largest absolute Gasteiger partial charge is 0.149 e. The number of azide groups is 1. The lowest BCUT2D eigenvalue weighted by Gasteiger charge is -2.18. The highest BCUT2D eigenvalue weighted by Gasteiger charge is 2.23. The summed E-state index contributed by atoms with van der Waals surface area (Å²) in [7, 11) is 0. The Kier molecular flexibility index (Phi) is 4.05. The molecule has 3 nitrogen and oxygen atoms in total. The van der Waals surface area contributed by atoms with Crippen LogP contribution in [0, 0.1) is 0 Å². The summed E-state index contributed by atoms with van der Waals surface area (Å²) >= 11 is 1.87. The number of fused-ring (bicyclic) bond motifs is 2. The van der Waals surface area contributed by atoms with E-state index in [-0.39, 0.29) is 0 Å². The van der Waals surface area contributed by atoms with Crippen molar-refractivity contribution in [2.45, 2.75) is 31.6 Å². The van der Waals surface area contributed by atoms with Gasteiger partial charge in [0.05, 0.1) is 0 Å². The number of hydrogen-bond donors (Lipinski definition) is 0. The molecule has 0 saturated carbocycles. The number of benzene rings is 1. The second-order valence-corrected chi connectivity index (χ2v) is 6.15. The monoisotopic (exact) mass is 283 g/mol. The van der Waals surface area contributed by atoms with E-state index in [9.17, 15) is 0 Å². The fourth-order valence-corrected chi connectivity index (χ4v) is 4.05. The van der Waals surface area contributed by atoms with Gasteiger partial charge in [0, 0.05) is 22.3 Å². The molecule has 1 aromatic carbocycles. The Morgan fingerprint density at radius 1 is 1.20 bits per heavy atom. The highest BCUT2D eigenvalue weighted by Crippen LogP contribution is 2.39. The van der Waals surface area contributed by atoms with Gasteiger partial charge in [0.2, 0.25) is 0 Å². The van der Waals surface area contributed by atoms with Crippen LogP contribution in [0.5, 0.6) is 0 Å². The number of thiophene rings is 1. The van der Waals surface area contributed by atoms with Crippen molar-refractivity contribution in [2.24, 2.45) is 5.11 Å². The van der Waals surface area contributed by atoms with Gasteiger partial charge in [-0.1, -0.05) is 29.4 Å². The van der Waals surface area contributed by atoms with Crippen LogP contribution in [-0.2, 0) is 12.8 Å². The lowest BCUT2D eigenvalue weighted by Crippen LogP contribution is -2.03. The molecule has 1 aromatic heterocycles. The van der Waals surface area contributed by atoms with Crippen molar-refractivity contribution in [3.05, 3.63) is 67.7 Å². The van der Waals surface area contributed by atoms with Gasteiger partial charge < -0.3 is 0 Å². The summed E-state index contributed by atoms with van der Waals surface area (Å²) in [5, 5.41) is 5.87. The van der Waals surface area contributed by atoms with Gasteiger partial charge in [0.15, 0.2) is 0 Å². The molecular weight excluding hydrogens is 266 g/mol. The van der Waals surface area contributed by atoms with Gasteiger partial charge in [-0.2, -0.15) is 0 Å². The second kappa shape index (κ2) is 6.12. The molecule has 20 heavy (non-hydrogen) atoms. The molecule has 3 rings (SSSR count). The van der Waals surface area contributed by atoms with E-state index >= 15 is 0 Å². The zero-order valence-corrected chi connectivity index (χ0v) is 12.1. The quantitative estimate of drug-likeness (QED) is 0.325. The maximum absolute atomic E-state index is 8.39. The molecule has 0 fully saturated rings. The van der Waals surface area contributed by atoms with Gasteiger partial charge in [0.1, 0.15) is 0 Å². The molecule has 0 spiro atoms. The van der Waals surface area contributed by atoms with Crippen LogP contribution in [0.25, 0.3) is 10.4 Å². The predicted octanol–water partition coefficient (Wildman–Crippen LogP) is 5.07. The fourth-order valence-electron chi connectivity index (χ4n) is 3.10. The van der Waals surface area contributed by atoms with Crippen molar-refractivity contribution in [3.63, 3.8) is 0 Å². The average Bonchev–Trinajstić information content (AvgIpc) is 2.89. The van der Waals surface area contributed by atoms with Crippen molar-refractivity contribution in [3.8, 4) is 0 Å². The van der Waals surface area contributed by atoms with Gasteiger partial charge in [-0.05, 0) is 59.4 Å². The fraction of sp³-hybridized carbons (Fsp3) is 0.375. The number of hydrogen-bond acceptors (Lipinski definition) is 2. The third-order valence-corrected chi connectivity index (χ3v) is 5.02. The van der Waals surface area contributed by atoms with E-state index in [0.717, 1.165) is 25.7 Å². The lowest BCUT2D eigenvalue weighted by atomic mass is 9.86. The van der Waals surface area contributed by atoms with Crippen LogP contribution in [0.1, 0.15) is 40.3 Å². The van der Waals surface area contributed by atoms with Gasteiger partial charge in [0.25, 0.3) is 0 Å². The normalized spacial score (nSPS) is 16.7. The smallest absolute Gasteiger partial charge is 0.0258 e. The summed E-state index contributed by atoms with van der Waals surface area (Å²) in [5.74, 6) is 0.462. The molecule has 0 aliphatic heterocycles. The van der Waals surface area contributed by atoms with E-state index in [1.165, 1.54) is 21.6 Å². The van der Waals surface area contributed by atoms with E-state index in [1.807, 2.05) is 11.3 Å². The zero-order valence-electron chi connectivity index (χ0n) is 11.3. The van der Waals surface area contributed by atoms with E-state index in [1.54, 1.807) is 0 Å². The molecule has 1 aliphatic carbocycles. The summed E-state index contributed by atoms with van der Waals surface area (Å²) in [6.07, 6.45) is 4.28. The first kappa shape index (κ1) is 13.2. The third kappa shape index (κ3) is 2.58. The van der Waals surface area contributed by atoms with E-state index in [0.29, 0.717) is 12.5 Å². The lowest BCUT2D eigenvalue weighted by molar-refractivity contribution is 0.667. The molecule has 1 unspecified atom stereocenters. The maximum Gasteiger partial charge on any atom is 0.0258 e. The SMILES string of the molecule is [N-]=[N+]=NCCCC1c2ccccc2CCc2sccc21. The summed E-state index contributed by atoms with van der Waals surface area (Å²) in [5.41, 5.74) is 12.8.